The van der Waals surface area contributed by atoms with E-state index in [0.717, 1.165) is 22.4 Å². The number of aliphatic hydroxyl groups is 1. The van der Waals surface area contributed by atoms with Crippen molar-refractivity contribution in [2.24, 2.45) is 5.92 Å². The molecule has 1 aliphatic heterocycles. The van der Waals surface area contributed by atoms with Crippen molar-refractivity contribution in [2.45, 2.75) is 38.6 Å². The summed E-state index contributed by atoms with van der Waals surface area (Å²) in [5.41, 5.74) is 3.36. The molecule has 2 aromatic heterocycles. The van der Waals surface area contributed by atoms with Crippen LogP contribution in [-0.4, -0.2) is 70.5 Å². The van der Waals surface area contributed by atoms with Crippen molar-refractivity contribution in [3.63, 3.8) is 0 Å². The quantitative estimate of drug-likeness (QED) is 0.436. The van der Waals surface area contributed by atoms with Crippen LogP contribution in [0.25, 0.3) is 22.6 Å². The zero-order valence-electron chi connectivity index (χ0n) is 20.3. The Labute approximate surface area is 207 Å². The molecule has 0 aliphatic carbocycles. The van der Waals surface area contributed by atoms with E-state index in [9.17, 15) is 18.3 Å². The Morgan fingerprint density at radius 3 is 2.83 bits per heavy atom. The summed E-state index contributed by atoms with van der Waals surface area (Å²) in [6, 6.07) is 7.23. The molecule has 8 nitrogen and oxygen atoms in total. The van der Waals surface area contributed by atoms with E-state index < -0.39 is 18.8 Å². The van der Waals surface area contributed by atoms with E-state index in [2.05, 4.69) is 10.4 Å². The lowest BCUT2D eigenvalue weighted by Gasteiger charge is -2.15. The number of ether oxygens (including phenoxy) is 2. The Hall–Kier alpha value is -3.02. The van der Waals surface area contributed by atoms with Gasteiger partial charge in [-0.1, -0.05) is 12.1 Å². The van der Waals surface area contributed by atoms with Gasteiger partial charge in [0.25, 0.3) is 0 Å². The highest BCUT2D eigenvalue weighted by molar-refractivity contribution is 5.67. The Kier molecular flexibility index (Phi) is 8.22. The number of hydrogen-bond acceptors (Lipinski definition) is 7. The molecule has 2 N–H and O–H groups in total. The van der Waals surface area contributed by atoms with Gasteiger partial charge in [0.2, 0.25) is 0 Å². The second-order valence-electron chi connectivity index (χ2n) is 8.99. The summed E-state index contributed by atoms with van der Waals surface area (Å²) >= 11 is 0. The van der Waals surface area contributed by atoms with Crippen molar-refractivity contribution in [3.8, 4) is 28.4 Å². The summed E-state index contributed by atoms with van der Waals surface area (Å²) < 4.78 is 50.7. The summed E-state index contributed by atoms with van der Waals surface area (Å²) in [6.45, 7) is 2.59. The highest BCUT2D eigenvalue weighted by Crippen LogP contribution is 2.30. The van der Waals surface area contributed by atoms with E-state index in [4.69, 9.17) is 19.4 Å². The van der Waals surface area contributed by atoms with Gasteiger partial charge >= 0.3 is 6.18 Å². The lowest BCUT2D eigenvalue weighted by molar-refractivity contribution is -0.142. The molecule has 0 saturated carbocycles. The maximum atomic E-state index is 12.9. The number of likely N-dealkylation sites (N-methyl/N-ethyl adjacent to an activating group) is 1. The van der Waals surface area contributed by atoms with Crippen molar-refractivity contribution in [1.29, 1.82) is 0 Å². The first kappa shape index (κ1) is 26.1. The Bertz CT molecular complexity index is 1160. The fourth-order valence-electron chi connectivity index (χ4n) is 4.16. The highest BCUT2D eigenvalue weighted by Gasteiger charge is 2.29. The zero-order valence-corrected chi connectivity index (χ0v) is 20.3. The molecule has 1 fully saturated rings. The average Bonchev–Trinajstić information content (AvgIpc) is 3.51. The second-order valence-corrected chi connectivity index (χ2v) is 8.99. The third-order valence-electron chi connectivity index (χ3n) is 5.97. The SMILES string of the molecule is CNCC(O)COc1cccc(-c2nc(C[C@@H]3CCOC3)c(C)c(-c3cnn(CC(F)(F)F)c3)n2)c1. The third kappa shape index (κ3) is 6.80. The summed E-state index contributed by atoms with van der Waals surface area (Å²) in [5, 5.41) is 16.7. The molecule has 2 atom stereocenters. The smallest absolute Gasteiger partial charge is 0.408 e. The van der Waals surface area contributed by atoms with Gasteiger partial charge in [-0.2, -0.15) is 18.3 Å². The molecule has 3 heterocycles. The number of aromatic nitrogens is 4. The number of alkyl halides is 3. The first-order valence-corrected chi connectivity index (χ1v) is 11.8. The maximum absolute atomic E-state index is 12.9. The summed E-state index contributed by atoms with van der Waals surface area (Å²) in [5.74, 6) is 1.31. The van der Waals surface area contributed by atoms with Crippen molar-refractivity contribution in [1.82, 2.24) is 25.1 Å². The van der Waals surface area contributed by atoms with Crippen LogP contribution in [-0.2, 0) is 17.7 Å². The lowest BCUT2D eigenvalue weighted by Crippen LogP contribution is -2.29. The molecular weight excluding hydrogens is 475 g/mol. The first-order chi connectivity index (χ1) is 17.2. The molecule has 36 heavy (non-hydrogen) atoms. The van der Waals surface area contributed by atoms with E-state index in [1.165, 1.54) is 12.4 Å². The molecule has 3 aromatic rings. The van der Waals surface area contributed by atoms with Crippen molar-refractivity contribution < 1.29 is 27.8 Å². The fraction of sp³-hybridized carbons (Fsp3) is 0.480. The molecule has 0 bridgehead atoms. The molecule has 4 rings (SSSR count). The number of aliphatic hydroxyl groups excluding tert-OH is 1. The number of nitrogens with zero attached hydrogens (tertiary/aromatic N) is 4. The molecule has 0 spiro atoms. The molecule has 1 aliphatic rings. The van der Waals surface area contributed by atoms with E-state index in [0.29, 0.717) is 60.5 Å². The summed E-state index contributed by atoms with van der Waals surface area (Å²) in [6.07, 6.45) is -0.667. The van der Waals surface area contributed by atoms with Crippen LogP contribution in [0.15, 0.2) is 36.7 Å². The van der Waals surface area contributed by atoms with E-state index in [1.54, 1.807) is 19.2 Å². The zero-order chi connectivity index (χ0) is 25.7. The standard InChI is InChI=1S/C25H30F3N5O3/c1-16-22(8-17-6-7-35-13-17)31-24(18-4-3-5-21(9-18)36-14-20(34)11-29-2)32-23(16)19-10-30-33(12-19)15-25(26,27)28/h3-5,9-10,12,17,20,29,34H,6-8,11,13-15H2,1-2H3/t17-,20?/m0/s1. The molecule has 1 aromatic carbocycles. The molecule has 11 heteroatoms. The molecule has 194 valence electrons. The molecular formula is C25H30F3N5O3. The molecule has 0 amide bonds. The molecule has 1 saturated heterocycles. The minimum atomic E-state index is -4.37. The first-order valence-electron chi connectivity index (χ1n) is 11.8. The van der Waals surface area contributed by atoms with Crippen LogP contribution in [0.5, 0.6) is 5.75 Å². The van der Waals surface area contributed by atoms with Gasteiger partial charge in [-0.15, -0.1) is 0 Å². The van der Waals surface area contributed by atoms with Crippen LogP contribution in [0.2, 0.25) is 0 Å². The van der Waals surface area contributed by atoms with Crippen LogP contribution in [0.3, 0.4) is 0 Å². The largest absolute Gasteiger partial charge is 0.491 e. The van der Waals surface area contributed by atoms with E-state index in [1.807, 2.05) is 19.1 Å². The van der Waals surface area contributed by atoms with Gasteiger partial charge in [-0.25, -0.2) is 9.97 Å². The summed E-state index contributed by atoms with van der Waals surface area (Å²) in [4.78, 5) is 9.57. The lowest BCUT2D eigenvalue weighted by atomic mass is 9.97. The van der Waals surface area contributed by atoms with Gasteiger partial charge in [0.1, 0.15) is 25.0 Å². The summed E-state index contributed by atoms with van der Waals surface area (Å²) in [7, 11) is 1.75. The second kappa shape index (κ2) is 11.4. The van der Waals surface area contributed by atoms with E-state index in [-0.39, 0.29) is 6.61 Å². The number of nitrogens with one attached hydrogen (secondary N) is 1. The maximum Gasteiger partial charge on any atom is 0.408 e. The molecule has 0 radical (unpaired) electrons. The minimum Gasteiger partial charge on any atom is -0.491 e. The number of benzene rings is 1. The monoisotopic (exact) mass is 505 g/mol. The number of rotatable bonds is 10. The van der Waals surface area contributed by atoms with Crippen LogP contribution >= 0.6 is 0 Å². The average molecular weight is 506 g/mol. The van der Waals surface area contributed by atoms with Crippen LogP contribution in [0, 0.1) is 12.8 Å². The minimum absolute atomic E-state index is 0.121. The van der Waals surface area contributed by atoms with Gasteiger partial charge in [0, 0.05) is 42.8 Å². The van der Waals surface area contributed by atoms with Gasteiger partial charge in [-0.05, 0) is 50.4 Å². The van der Waals surface area contributed by atoms with E-state index >= 15 is 0 Å². The Balaban J connectivity index is 1.68. The topological polar surface area (TPSA) is 94.3 Å². The van der Waals surface area contributed by atoms with Crippen LogP contribution < -0.4 is 10.1 Å². The predicted molar refractivity (Wildman–Crippen MR) is 128 cm³/mol. The van der Waals surface area contributed by atoms with Crippen molar-refractivity contribution in [2.75, 3.05) is 33.4 Å². The Morgan fingerprint density at radius 1 is 1.28 bits per heavy atom. The fourth-order valence-corrected chi connectivity index (χ4v) is 4.16. The predicted octanol–water partition coefficient (Wildman–Crippen LogP) is 3.42. The van der Waals surface area contributed by atoms with Gasteiger partial charge in [-0.3, -0.25) is 4.68 Å². The van der Waals surface area contributed by atoms with Crippen LogP contribution in [0.4, 0.5) is 13.2 Å². The van der Waals surface area contributed by atoms with Crippen molar-refractivity contribution >= 4 is 0 Å². The normalized spacial score (nSPS) is 16.9. The van der Waals surface area contributed by atoms with Gasteiger partial charge in [0.15, 0.2) is 5.82 Å². The van der Waals surface area contributed by atoms with Gasteiger partial charge in [0.05, 0.1) is 11.9 Å². The van der Waals surface area contributed by atoms with Crippen LogP contribution in [0.1, 0.15) is 17.7 Å². The third-order valence-corrected chi connectivity index (χ3v) is 5.97. The van der Waals surface area contributed by atoms with Crippen molar-refractivity contribution in [3.05, 3.63) is 47.9 Å². The Morgan fingerprint density at radius 2 is 2.11 bits per heavy atom. The molecule has 1 unspecified atom stereocenters. The van der Waals surface area contributed by atoms with Gasteiger partial charge < -0.3 is 19.9 Å². The number of hydrogen-bond donors (Lipinski definition) is 2. The number of halogens is 3. The highest BCUT2D eigenvalue weighted by atomic mass is 19.4.